The second kappa shape index (κ2) is 5.41. The van der Waals surface area contributed by atoms with E-state index in [1.54, 1.807) is 0 Å². The van der Waals surface area contributed by atoms with E-state index in [1.807, 2.05) is 0 Å². The fourth-order valence-electron chi connectivity index (χ4n) is 1.93. The molecule has 1 rings (SSSR count). The van der Waals surface area contributed by atoms with Crippen molar-refractivity contribution in [2.45, 2.75) is 36.7 Å². The average molecular weight is 243 g/mol. The summed E-state index contributed by atoms with van der Waals surface area (Å²) in [6.07, 6.45) is 3.81. The van der Waals surface area contributed by atoms with Gasteiger partial charge in [-0.25, -0.2) is 0 Å². The van der Waals surface area contributed by atoms with Crippen molar-refractivity contribution in [2.75, 3.05) is 18.9 Å². The predicted molar refractivity (Wildman–Crippen MR) is 54.8 cm³/mol. The Morgan fingerprint density at radius 3 is 2.33 bits per heavy atom. The van der Waals surface area contributed by atoms with E-state index in [4.69, 9.17) is 0 Å². The number of aliphatic hydroxyl groups is 1. The molecule has 0 saturated heterocycles. The Morgan fingerprint density at radius 1 is 1.27 bits per heavy atom. The summed E-state index contributed by atoms with van der Waals surface area (Å²) in [5.41, 5.74) is -4.46. The Hall–Kier alpha value is 0.0600. The van der Waals surface area contributed by atoms with Gasteiger partial charge in [-0.05, 0) is 24.6 Å². The summed E-state index contributed by atoms with van der Waals surface area (Å²) in [7, 11) is 0. The number of alkyl halides is 3. The molecule has 15 heavy (non-hydrogen) atoms. The molecular weight excluding hydrogens is 227 g/mol. The van der Waals surface area contributed by atoms with Crippen LogP contribution in [0.3, 0.4) is 0 Å². The summed E-state index contributed by atoms with van der Waals surface area (Å²) in [5.74, 6) is 0.00521. The van der Waals surface area contributed by atoms with Crippen LogP contribution < -0.4 is 5.32 Å². The zero-order valence-corrected chi connectivity index (χ0v) is 9.26. The van der Waals surface area contributed by atoms with Gasteiger partial charge in [0.25, 0.3) is 0 Å². The van der Waals surface area contributed by atoms with E-state index < -0.39 is 5.51 Å². The van der Waals surface area contributed by atoms with E-state index in [0.29, 0.717) is 6.54 Å². The maximum atomic E-state index is 11.8. The Balaban J connectivity index is 2.18. The minimum absolute atomic E-state index is 0.00521. The van der Waals surface area contributed by atoms with Gasteiger partial charge in [-0.2, -0.15) is 13.2 Å². The molecule has 0 aromatic rings. The van der Waals surface area contributed by atoms with Crippen molar-refractivity contribution in [2.24, 2.45) is 0 Å². The van der Waals surface area contributed by atoms with Crippen molar-refractivity contribution in [1.29, 1.82) is 0 Å². The van der Waals surface area contributed by atoms with E-state index in [-0.39, 0.29) is 29.7 Å². The van der Waals surface area contributed by atoms with Crippen LogP contribution in [-0.2, 0) is 0 Å². The molecule has 2 N–H and O–H groups in total. The molecule has 2 nitrogen and oxygen atoms in total. The Bertz CT molecular complexity index is 192. The fraction of sp³-hybridized carbons (Fsp3) is 1.00. The van der Waals surface area contributed by atoms with Gasteiger partial charge in [-0.15, -0.1) is 0 Å². The molecule has 0 spiro atoms. The van der Waals surface area contributed by atoms with E-state index in [0.717, 1.165) is 25.7 Å². The number of nitrogens with one attached hydrogen (secondary N) is 1. The molecule has 0 bridgehead atoms. The van der Waals surface area contributed by atoms with Crippen LogP contribution in [0.4, 0.5) is 13.2 Å². The standard InChI is InChI=1S/C9H16F3NOS/c10-9(11,12)15-6-5-13-8(7-14)3-1-2-4-8/h13-14H,1-7H2. The monoisotopic (exact) mass is 243 g/mol. The molecule has 1 aliphatic rings. The molecule has 1 fully saturated rings. The van der Waals surface area contributed by atoms with Crippen LogP contribution in [0, 0.1) is 0 Å². The first-order valence-electron chi connectivity index (χ1n) is 5.04. The van der Waals surface area contributed by atoms with Crippen LogP contribution in [0.1, 0.15) is 25.7 Å². The highest BCUT2D eigenvalue weighted by Gasteiger charge is 2.33. The van der Waals surface area contributed by atoms with Crippen LogP contribution >= 0.6 is 11.8 Å². The number of thioether (sulfide) groups is 1. The summed E-state index contributed by atoms with van der Waals surface area (Å²) < 4.78 is 35.5. The summed E-state index contributed by atoms with van der Waals surface area (Å²) in [6, 6.07) is 0. The SMILES string of the molecule is OCC1(NCCSC(F)(F)F)CCCC1. The van der Waals surface area contributed by atoms with Gasteiger partial charge in [0.2, 0.25) is 0 Å². The third kappa shape index (κ3) is 4.61. The highest BCUT2D eigenvalue weighted by atomic mass is 32.2. The highest BCUT2D eigenvalue weighted by molar-refractivity contribution is 8.00. The molecule has 6 heteroatoms. The smallest absolute Gasteiger partial charge is 0.394 e. The summed E-state index contributed by atoms with van der Waals surface area (Å²) in [5, 5.41) is 12.2. The Labute approximate surface area is 91.6 Å². The molecule has 1 saturated carbocycles. The van der Waals surface area contributed by atoms with Crippen LogP contribution in [0.25, 0.3) is 0 Å². The van der Waals surface area contributed by atoms with Gasteiger partial charge in [0.1, 0.15) is 0 Å². The maximum Gasteiger partial charge on any atom is 0.441 e. The number of hydrogen-bond acceptors (Lipinski definition) is 3. The Morgan fingerprint density at radius 2 is 1.87 bits per heavy atom. The van der Waals surface area contributed by atoms with Gasteiger partial charge < -0.3 is 10.4 Å². The van der Waals surface area contributed by atoms with Crippen LogP contribution in [0.2, 0.25) is 0 Å². The van der Waals surface area contributed by atoms with Crippen molar-refractivity contribution >= 4 is 11.8 Å². The van der Waals surface area contributed by atoms with Crippen molar-refractivity contribution in [3.8, 4) is 0 Å². The van der Waals surface area contributed by atoms with Crippen molar-refractivity contribution in [1.82, 2.24) is 5.32 Å². The van der Waals surface area contributed by atoms with Gasteiger partial charge >= 0.3 is 5.51 Å². The zero-order chi connectivity index (χ0) is 11.4. The van der Waals surface area contributed by atoms with Crippen LogP contribution in [0.5, 0.6) is 0 Å². The summed E-state index contributed by atoms with van der Waals surface area (Å²) in [4.78, 5) is 0. The van der Waals surface area contributed by atoms with Crippen molar-refractivity contribution in [3.63, 3.8) is 0 Å². The largest absolute Gasteiger partial charge is 0.441 e. The van der Waals surface area contributed by atoms with E-state index in [2.05, 4.69) is 5.32 Å². The van der Waals surface area contributed by atoms with Gasteiger partial charge in [-0.1, -0.05) is 12.8 Å². The minimum Gasteiger partial charge on any atom is -0.394 e. The van der Waals surface area contributed by atoms with Crippen molar-refractivity contribution in [3.05, 3.63) is 0 Å². The molecule has 1 aliphatic carbocycles. The number of rotatable bonds is 5. The molecule has 0 unspecified atom stereocenters. The van der Waals surface area contributed by atoms with E-state index >= 15 is 0 Å². The lowest BCUT2D eigenvalue weighted by molar-refractivity contribution is -0.0327. The number of hydrogen-bond donors (Lipinski definition) is 2. The minimum atomic E-state index is -4.15. The second-order valence-corrected chi connectivity index (χ2v) is 5.03. The topological polar surface area (TPSA) is 32.3 Å². The molecule has 0 atom stereocenters. The number of aliphatic hydroxyl groups excluding tert-OH is 1. The first-order chi connectivity index (χ1) is 6.97. The second-order valence-electron chi connectivity index (χ2n) is 3.87. The van der Waals surface area contributed by atoms with Gasteiger partial charge in [0.05, 0.1) is 6.61 Å². The average Bonchev–Trinajstić information content (AvgIpc) is 2.60. The first-order valence-corrected chi connectivity index (χ1v) is 6.03. The molecular formula is C9H16F3NOS. The third-order valence-corrected chi connectivity index (χ3v) is 3.47. The van der Waals surface area contributed by atoms with Gasteiger partial charge in [0, 0.05) is 17.8 Å². The van der Waals surface area contributed by atoms with Gasteiger partial charge in [0.15, 0.2) is 0 Å². The van der Waals surface area contributed by atoms with Gasteiger partial charge in [-0.3, -0.25) is 0 Å². The maximum absolute atomic E-state index is 11.8. The molecule has 90 valence electrons. The molecule has 0 heterocycles. The molecule has 0 radical (unpaired) electrons. The normalized spacial score (nSPS) is 20.8. The highest BCUT2D eigenvalue weighted by Crippen LogP contribution is 2.31. The summed E-state index contributed by atoms with van der Waals surface area (Å²) >= 11 is -0.0180. The lowest BCUT2D eigenvalue weighted by Crippen LogP contribution is -2.47. The van der Waals surface area contributed by atoms with E-state index in [9.17, 15) is 18.3 Å². The predicted octanol–water partition coefficient (Wildman–Crippen LogP) is 2.13. The first kappa shape index (κ1) is 13.1. The Kier molecular flexibility index (Phi) is 4.73. The fourth-order valence-corrected chi connectivity index (χ4v) is 2.36. The van der Waals surface area contributed by atoms with Crippen molar-refractivity contribution < 1.29 is 18.3 Å². The molecule has 0 aromatic heterocycles. The third-order valence-electron chi connectivity index (χ3n) is 2.73. The number of halogens is 3. The lowest BCUT2D eigenvalue weighted by Gasteiger charge is -2.28. The quantitative estimate of drug-likeness (QED) is 0.726. The molecule has 0 amide bonds. The molecule has 0 aliphatic heterocycles. The lowest BCUT2D eigenvalue weighted by atomic mass is 9.99. The summed E-state index contributed by atoms with van der Waals surface area (Å²) in [6.45, 7) is 0.314. The molecule has 0 aromatic carbocycles. The zero-order valence-electron chi connectivity index (χ0n) is 8.44. The van der Waals surface area contributed by atoms with E-state index in [1.165, 1.54) is 0 Å². The van der Waals surface area contributed by atoms with Crippen LogP contribution in [0.15, 0.2) is 0 Å². The van der Waals surface area contributed by atoms with Crippen LogP contribution in [-0.4, -0.2) is 35.1 Å².